The summed E-state index contributed by atoms with van der Waals surface area (Å²) in [4.78, 5) is 7.20. The summed E-state index contributed by atoms with van der Waals surface area (Å²) in [7, 11) is 0. The molecule has 2 aromatic heterocycles. The quantitative estimate of drug-likeness (QED) is 0.498. The predicted octanol–water partition coefficient (Wildman–Crippen LogP) is 5.64. The Bertz CT molecular complexity index is 1050. The lowest BCUT2D eigenvalue weighted by Gasteiger charge is -2.46. The number of aromatic amines is 1. The highest BCUT2D eigenvalue weighted by Crippen LogP contribution is 2.49. The van der Waals surface area contributed by atoms with Crippen LogP contribution >= 0.6 is 0 Å². The van der Waals surface area contributed by atoms with Gasteiger partial charge in [-0.15, -0.1) is 0 Å². The second kappa shape index (κ2) is 8.60. The zero-order chi connectivity index (χ0) is 23.0. The number of rotatable bonds is 8. The molecule has 0 radical (unpaired) electrons. The van der Waals surface area contributed by atoms with Crippen molar-refractivity contribution in [2.75, 3.05) is 19.7 Å². The van der Waals surface area contributed by atoms with E-state index in [9.17, 15) is 0 Å². The maximum atomic E-state index is 6.39. The first-order chi connectivity index (χ1) is 15.2. The lowest BCUT2D eigenvalue weighted by atomic mass is 9.69. The molecule has 1 saturated heterocycles. The van der Waals surface area contributed by atoms with Crippen LogP contribution in [0.3, 0.4) is 0 Å². The van der Waals surface area contributed by atoms with Crippen LogP contribution in [0.25, 0.3) is 10.9 Å². The number of nitrogens with one attached hydrogen (secondary N) is 1. The first-order valence-electron chi connectivity index (χ1n) is 11.9. The number of likely N-dealkylation sites (tertiary alicyclic amines) is 1. The van der Waals surface area contributed by atoms with Crippen molar-refractivity contribution in [2.45, 2.75) is 71.9 Å². The van der Waals surface area contributed by atoms with E-state index in [1.807, 2.05) is 19.2 Å². The molecule has 1 fully saturated rings. The highest BCUT2D eigenvalue weighted by Gasteiger charge is 2.52. The summed E-state index contributed by atoms with van der Waals surface area (Å²) in [6.07, 6.45) is 5.19. The van der Waals surface area contributed by atoms with Gasteiger partial charge in [-0.3, -0.25) is 15.0 Å². The van der Waals surface area contributed by atoms with Crippen molar-refractivity contribution in [2.24, 2.45) is 5.41 Å². The Hall–Kier alpha value is -2.24. The molecule has 0 amide bonds. The van der Waals surface area contributed by atoms with Crippen molar-refractivity contribution in [3.63, 3.8) is 0 Å². The van der Waals surface area contributed by atoms with Crippen molar-refractivity contribution in [1.29, 1.82) is 0 Å². The van der Waals surface area contributed by atoms with Crippen molar-refractivity contribution >= 4 is 10.9 Å². The largest absolute Gasteiger partial charge is 0.375 e. The molecule has 0 unspecified atom stereocenters. The lowest BCUT2D eigenvalue weighted by molar-refractivity contribution is -0.109. The Kier molecular flexibility index (Phi) is 6.17. The third-order valence-corrected chi connectivity index (χ3v) is 7.94. The topological polar surface area (TPSA) is 54.0 Å². The lowest BCUT2D eigenvalue weighted by Crippen LogP contribution is -2.50. The van der Waals surface area contributed by atoms with Crippen LogP contribution in [0.1, 0.15) is 64.4 Å². The summed E-state index contributed by atoms with van der Waals surface area (Å²) >= 11 is 0. The molecular formula is C27H38N4O. The molecule has 1 aliphatic heterocycles. The van der Waals surface area contributed by atoms with E-state index >= 15 is 0 Å². The minimum absolute atomic E-state index is 0.0601. The van der Waals surface area contributed by atoms with Crippen molar-refractivity contribution in [3.05, 3.63) is 59.5 Å². The molecule has 3 aromatic rings. The first kappa shape index (κ1) is 22.9. The zero-order valence-electron chi connectivity index (χ0n) is 20.5. The second-order valence-electron chi connectivity index (χ2n) is 10.4. The van der Waals surface area contributed by atoms with E-state index in [-0.39, 0.29) is 16.6 Å². The molecule has 32 heavy (non-hydrogen) atoms. The molecule has 5 heteroatoms. The van der Waals surface area contributed by atoms with Crippen LogP contribution in [0.5, 0.6) is 0 Å². The molecule has 1 aromatic carbocycles. The average Bonchev–Trinajstić information content (AvgIpc) is 3.39. The molecule has 0 saturated carbocycles. The van der Waals surface area contributed by atoms with Crippen LogP contribution in [0.4, 0.5) is 0 Å². The molecule has 4 rings (SSSR count). The van der Waals surface area contributed by atoms with Gasteiger partial charge in [-0.1, -0.05) is 24.3 Å². The second-order valence-corrected chi connectivity index (χ2v) is 10.4. The summed E-state index contributed by atoms with van der Waals surface area (Å²) in [6.45, 7) is 16.2. The predicted molar refractivity (Wildman–Crippen MR) is 131 cm³/mol. The number of benzene rings is 1. The van der Waals surface area contributed by atoms with Crippen molar-refractivity contribution in [1.82, 2.24) is 20.1 Å². The van der Waals surface area contributed by atoms with Gasteiger partial charge in [0.25, 0.3) is 0 Å². The number of hydrogen-bond acceptors (Lipinski definition) is 4. The maximum absolute atomic E-state index is 6.39. The fourth-order valence-corrected chi connectivity index (χ4v) is 5.44. The molecule has 1 atom stereocenters. The fraction of sp³-hybridized carbons (Fsp3) is 0.556. The number of aryl methyl sites for hydroxylation is 2. The highest BCUT2D eigenvalue weighted by molar-refractivity contribution is 5.81. The van der Waals surface area contributed by atoms with Crippen LogP contribution in [0, 0.1) is 12.3 Å². The summed E-state index contributed by atoms with van der Waals surface area (Å²) in [5.41, 5.74) is 4.37. The zero-order valence-corrected chi connectivity index (χ0v) is 20.5. The third kappa shape index (κ3) is 4.08. The van der Waals surface area contributed by atoms with Crippen molar-refractivity contribution in [3.8, 4) is 0 Å². The molecular weight excluding hydrogens is 396 g/mol. The Labute approximate surface area is 192 Å². The normalized spacial score (nSPS) is 20.3. The van der Waals surface area contributed by atoms with E-state index in [2.05, 4.69) is 85.0 Å². The molecule has 1 aliphatic rings. The van der Waals surface area contributed by atoms with Gasteiger partial charge in [0.05, 0.1) is 11.1 Å². The van der Waals surface area contributed by atoms with Gasteiger partial charge in [0.15, 0.2) is 0 Å². The van der Waals surface area contributed by atoms with Gasteiger partial charge in [0, 0.05) is 47.1 Å². The molecule has 5 nitrogen and oxygen atoms in total. The molecule has 1 N–H and O–H groups in total. The van der Waals surface area contributed by atoms with E-state index in [1.165, 1.54) is 16.6 Å². The smallest absolute Gasteiger partial charge is 0.0923 e. The summed E-state index contributed by atoms with van der Waals surface area (Å²) < 4.78 is 6.39. The van der Waals surface area contributed by atoms with E-state index in [0.29, 0.717) is 0 Å². The molecule has 0 bridgehead atoms. The maximum Gasteiger partial charge on any atom is 0.0923 e. The van der Waals surface area contributed by atoms with Crippen LogP contribution in [-0.2, 0) is 16.7 Å². The first-order valence-corrected chi connectivity index (χ1v) is 11.9. The van der Waals surface area contributed by atoms with E-state index < -0.39 is 0 Å². The minimum atomic E-state index is -0.214. The monoisotopic (exact) mass is 434 g/mol. The number of pyridine rings is 1. The fourth-order valence-electron chi connectivity index (χ4n) is 5.44. The summed E-state index contributed by atoms with van der Waals surface area (Å²) in [6, 6.07) is 12.7. The number of fused-ring (bicyclic) bond motifs is 1. The average molecular weight is 435 g/mol. The number of H-pyrrole nitrogens is 1. The third-order valence-electron chi connectivity index (χ3n) is 7.94. The van der Waals surface area contributed by atoms with Crippen LogP contribution in [0.15, 0.2) is 42.6 Å². The van der Waals surface area contributed by atoms with Gasteiger partial charge in [0.1, 0.15) is 0 Å². The molecule has 3 heterocycles. The van der Waals surface area contributed by atoms with Gasteiger partial charge >= 0.3 is 0 Å². The van der Waals surface area contributed by atoms with Gasteiger partial charge < -0.3 is 4.74 Å². The van der Waals surface area contributed by atoms with Crippen molar-refractivity contribution < 1.29 is 4.74 Å². The Morgan fingerprint density at radius 3 is 2.62 bits per heavy atom. The number of ether oxygens (including phenoxy) is 1. The van der Waals surface area contributed by atoms with Gasteiger partial charge in [0.2, 0.25) is 0 Å². The van der Waals surface area contributed by atoms with Crippen LogP contribution < -0.4 is 0 Å². The minimum Gasteiger partial charge on any atom is -0.375 e. The van der Waals surface area contributed by atoms with Crippen LogP contribution in [-0.4, -0.2) is 45.4 Å². The van der Waals surface area contributed by atoms with E-state index in [1.54, 1.807) is 0 Å². The number of aromatic nitrogens is 3. The number of nitrogens with zero attached hydrogens (tertiary/aromatic N) is 3. The highest BCUT2D eigenvalue weighted by atomic mass is 16.5. The number of hydrogen-bond donors (Lipinski definition) is 1. The standard InChI is InChI=1S/C27H38N4O/c1-7-32-26(5,6)27(15-14-24-22-10-8-9-11-23(22)29-30-24)16-17-31(19-27)25(3,4)21-13-12-20(2)28-18-21/h8-13,18H,7,14-17,19H2,1-6H3,(H,29,30)/t27-/m0/s1. The molecule has 172 valence electrons. The van der Waals surface area contributed by atoms with Gasteiger partial charge in [-0.25, -0.2) is 0 Å². The van der Waals surface area contributed by atoms with Gasteiger partial charge in [-0.05, 0) is 85.0 Å². The van der Waals surface area contributed by atoms with Crippen LogP contribution in [0.2, 0.25) is 0 Å². The SMILES string of the molecule is CCOC(C)(C)[C@@]1(CCc2[nH]nc3ccccc23)CCN(C(C)(C)c2ccc(C)nc2)C1. The van der Waals surface area contributed by atoms with E-state index in [4.69, 9.17) is 4.74 Å². The van der Waals surface area contributed by atoms with Gasteiger partial charge in [-0.2, -0.15) is 5.10 Å². The molecule has 0 spiro atoms. The molecule has 0 aliphatic carbocycles. The summed E-state index contributed by atoms with van der Waals surface area (Å²) in [5.74, 6) is 0. The van der Waals surface area contributed by atoms with E-state index in [0.717, 1.165) is 50.2 Å². The summed E-state index contributed by atoms with van der Waals surface area (Å²) in [5, 5.41) is 9.04. The Morgan fingerprint density at radius 1 is 1.12 bits per heavy atom. The number of para-hydroxylation sites is 1. The Balaban J connectivity index is 1.60. The Morgan fingerprint density at radius 2 is 1.91 bits per heavy atom.